The molecule has 0 atom stereocenters. The highest BCUT2D eigenvalue weighted by Gasteiger charge is 2.34. The molecule has 4 aliphatic heterocycles. The second kappa shape index (κ2) is 18.8. The lowest BCUT2D eigenvalue weighted by Gasteiger charge is -2.06. The minimum absolute atomic E-state index is 0.0154. The fourth-order valence-electron chi connectivity index (χ4n) is 9.09. The van der Waals surface area contributed by atoms with Gasteiger partial charge in [0, 0.05) is 11.1 Å². The minimum atomic E-state index is -0.824. The Morgan fingerprint density at radius 1 is 0.253 bits per heavy atom. The van der Waals surface area contributed by atoms with E-state index in [1.54, 1.807) is 0 Å². The summed E-state index contributed by atoms with van der Waals surface area (Å²) >= 11 is 0. The number of esters is 8. The Kier molecular flexibility index (Phi) is 11.6. The van der Waals surface area contributed by atoms with Crippen LogP contribution in [0.5, 0.6) is 11.5 Å². The van der Waals surface area contributed by atoms with Gasteiger partial charge in [-0.15, -0.1) is 0 Å². The quantitative estimate of drug-likeness (QED) is 0.105. The highest BCUT2D eigenvalue weighted by atomic mass is 16.6. The summed E-state index contributed by atoms with van der Waals surface area (Å²) in [7, 11) is 0. The van der Waals surface area contributed by atoms with Gasteiger partial charge < -0.3 is 41.4 Å². The second-order valence-electron chi connectivity index (χ2n) is 17.9. The van der Waals surface area contributed by atoms with Crippen molar-refractivity contribution in [2.24, 2.45) is 0 Å². The van der Waals surface area contributed by atoms with Gasteiger partial charge in [-0.3, -0.25) is 4.79 Å². The van der Waals surface area contributed by atoms with Gasteiger partial charge in [0.15, 0.2) is 5.78 Å². The molecule has 402 valence electrons. The van der Waals surface area contributed by atoms with Crippen LogP contribution in [0.4, 0.5) is 0 Å². The highest BCUT2D eigenvalue weighted by Crippen LogP contribution is 2.32. The number of carbonyl (C=O) groups is 9. The van der Waals surface area contributed by atoms with Gasteiger partial charge >= 0.3 is 92.8 Å². The first-order valence-electron chi connectivity index (χ1n) is 23.3. The van der Waals surface area contributed by atoms with Crippen molar-refractivity contribution in [3.05, 3.63) is 248 Å². The zero-order valence-corrected chi connectivity index (χ0v) is 40.5. The molecule has 0 amide bonds. The van der Waals surface area contributed by atoms with Crippen LogP contribution in [-0.4, -0.2) is 53.5 Å². The Balaban J connectivity index is 0.000000110. The first kappa shape index (κ1) is 51.2. The SMILES string of the molecule is O=C(c1ccc2c(c1)C(=O)OC2=O)c1ccc2c(c1)C(=O)OC2=O.O=C1OC(=O)c2cc(Oc3ccc4c(c3)C(=O)OC4=O)ccc21.O=c1oc(=O)c2cc3c(=O)oc(=O)c3cc12.O=c1oc(=O)c2cc3cc4c(=O)oc(=O)c4cc3cc12. The van der Waals surface area contributed by atoms with Gasteiger partial charge in [-0.1, -0.05) is 12.1 Å². The summed E-state index contributed by atoms with van der Waals surface area (Å²) in [6.45, 7) is 0. The molecule has 0 saturated carbocycles. The van der Waals surface area contributed by atoms with E-state index in [4.69, 9.17) is 4.74 Å². The van der Waals surface area contributed by atoms with Crippen molar-refractivity contribution in [2.45, 2.75) is 0 Å². The van der Waals surface area contributed by atoms with E-state index < -0.39 is 98.5 Å². The third-order valence-electron chi connectivity index (χ3n) is 13.1. The van der Waals surface area contributed by atoms with Gasteiger partial charge in [-0.25, -0.2) is 76.7 Å². The Hall–Kier alpha value is -12.6. The maximum atomic E-state index is 12.5. The first-order valence-corrected chi connectivity index (χ1v) is 23.3. The molecule has 7 aromatic carbocycles. The van der Waals surface area contributed by atoms with E-state index in [1.165, 1.54) is 97.1 Å². The van der Waals surface area contributed by atoms with Crippen molar-refractivity contribution in [3.63, 3.8) is 0 Å². The van der Waals surface area contributed by atoms with Crippen molar-refractivity contribution in [1.29, 1.82) is 0 Å². The summed E-state index contributed by atoms with van der Waals surface area (Å²) in [4.78, 5) is 195. The number of rotatable bonds is 4. The number of benzene rings is 7. The fraction of sp³-hybridized carbons (Fsp3) is 0. The number of hydrogen-bond donors (Lipinski definition) is 0. The number of carbonyl (C=O) groups excluding carboxylic acids is 9. The van der Waals surface area contributed by atoms with Gasteiger partial charge in [0.2, 0.25) is 0 Å². The average Bonchev–Trinajstić information content (AvgIpc) is 3.61. The van der Waals surface area contributed by atoms with Crippen LogP contribution in [0.25, 0.3) is 53.9 Å². The second-order valence-corrected chi connectivity index (χ2v) is 17.9. The fourth-order valence-corrected chi connectivity index (χ4v) is 9.09. The van der Waals surface area contributed by atoms with E-state index in [1.807, 2.05) is 0 Å². The van der Waals surface area contributed by atoms with Crippen molar-refractivity contribution < 1.29 is 84.5 Å². The average molecular weight is 1120 g/mol. The van der Waals surface area contributed by atoms with Crippen LogP contribution in [-0.2, 0) is 18.9 Å². The number of cyclic esters (lactones) is 8. The van der Waals surface area contributed by atoms with E-state index in [9.17, 15) is 81.5 Å². The van der Waals surface area contributed by atoms with Crippen LogP contribution in [0.1, 0.15) is 98.8 Å². The molecular formula is C57H18O26. The number of ketones is 1. The monoisotopic (exact) mass is 1120 g/mol. The molecule has 15 rings (SSSR count). The molecule has 0 fully saturated rings. The minimum Gasteiger partial charge on any atom is -0.457 e. The summed E-state index contributed by atoms with van der Waals surface area (Å²) in [5, 5.41) is 1.65. The number of ether oxygens (including phenoxy) is 5. The molecular weight excluding hydrogens is 1100 g/mol. The lowest BCUT2D eigenvalue weighted by Crippen LogP contribution is -2.05. The molecule has 26 nitrogen and oxygen atoms in total. The van der Waals surface area contributed by atoms with E-state index in [-0.39, 0.29) is 110 Å². The van der Waals surface area contributed by atoms with Crippen LogP contribution in [0.3, 0.4) is 0 Å². The molecule has 83 heavy (non-hydrogen) atoms. The standard InChI is InChI=1S/C17H6O7.C16H6O7.C14H4O6.C10H2O6/c18-13(7-1-3-9-11(5-7)16(21)23-14(9)19)8-2-4-10-12(6-8)17(22)24-15(10)20;17-13-9-3-1-7(5-11(9)15(19)22-13)21-8-2-4-10-12(6-8)16(20)23-14(10)18;15-11-7-1-5-2-9-10(14(18)20-13(9)17)4-6(5)3-8(7)12(16)19-11;11-7-3-1-4-6(10(14)16-8(4)12)2-5(3)9(13)15-7/h1-6H;1-6H;1-4H;1-2H. The molecule has 0 N–H and O–H groups in total. The van der Waals surface area contributed by atoms with E-state index >= 15 is 0 Å². The predicted molar refractivity (Wildman–Crippen MR) is 273 cm³/mol. The molecule has 0 spiro atoms. The Labute approximate surface area is 450 Å². The molecule has 0 bridgehead atoms. The maximum absolute atomic E-state index is 12.5. The number of fused-ring (bicyclic) bond motifs is 9. The highest BCUT2D eigenvalue weighted by molar-refractivity contribution is 6.20. The molecule has 0 unspecified atom stereocenters. The van der Waals surface area contributed by atoms with Crippen LogP contribution >= 0.6 is 0 Å². The zero-order chi connectivity index (χ0) is 58.6. The van der Waals surface area contributed by atoms with Gasteiger partial charge in [-0.05, 0) is 108 Å². The van der Waals surface area contributed by atoms with Crippen LogP contribution in [0.2, 0.25) is 0 Å². The maximum Gasteiger partial charge on any atom is 0.347 e. The molecule has 4 aromatic heterocycles. The van der Waals surface area contributed by atoms with Crippen LogP contribution in [0, 0.1) is 0 Å². The lowest BCUT2D eigenvalue weighted by atomic mass is 9.96. The first-order chi connectivity index (χ1) is 39.6. The Bertz CT molecular complexity index is 4900. The molecule has 0 radical (unpaired) electrons. The summed E-state index contributed by atoms with van der Waals surface area (Å²) in [6, 6.07) is 24.7. The molecule has 11 aromatic rings. The molecule has 8 heterocycles. The van der Waals surface area contributed by atoms with Crippen LogP contribution < -0.4 is 49.7 Å². The van der Waals surface area contributed by atoms with E-state index in [0.29, 0.717) is 10.8 Å². The van der Waals surface area contributed by atoms with Gasteiger partial charge in [-0.2, -0.15) is 0 Å². The number of hydrogen-bond acceptors (Lipinski definition) is 26. The largest absolute Gasteiger partial charge is 0.457 e. The third kappa shape index (κ3) is 8.60. The topological polar surface area (TPSA) is 389 Å². The zero-order valence-electron chi connectivity index (χ0n) is 40.5. The van der Waals surface area contributed by atoms with Gasteiger partial charge in [0.05, 0.1) is 87.6 Å². The van der Waals surface area contributed by atoms with Gasteiger partial charge in [0.25, 0.3) is 0 Å². The smallest absolute Gasteiger partial charge is 0.347 e. The molecule has 0 saturated heterocycles. The predicted octanol–water partition coefficient (Wildman–Crippen LogP) is 3.78. The summed E-state index contributed by atoms with van der Waals surface area (Å²) < 4.78 is 41.2. The van der Waals surface area contributed by atoms with Crippen LogP contribution in [0.15, 0.2) is 165 Å². The summed E-state index contributed by atoms with van der Waals surface area (Å²) in [5.74, 6) is -5.91. The number of furan rings is 4. The Morgan fingerprint density at radius 3 is 0.759 bits per heavy atom. The summed E-state index contributed by atoms with van der Waals surface area (Å²) in [5.41, 5.74) is -5.06. The van der Waals surface area contributed by atoms with Crippen molar-refractivity contribution in [2.75, 3.05) is 0 Å². The molecule has 0 aliphatic carbocycles. The summed E-state index contributed by atoms with van der Waals surface area (Å²) in [6.07, 6.45) is 0. The van der Waals surface area contributed by atoms with Crippen molar-refractivity contribution in [3.8, 4) is 11.5 Å². The third-order valence-corrected chi connectivity index (χ3v) is 13.1. The normalized spacial score (nSPS) is 13.6. The van der Waals surface area contributed by atoms with E-state index in [0.717, 1.165) is 12.1 Å². The molecule has 4 aliphatic rings. The molecule has 26 heteroatoms. The van der Waals surface area contributed by atoms with Gasteiger partial charge in [0.1, 0.15) is 11.5 Å². The lowest BCUT2D eigenvalue weighted by molar-refractivity contribution is 0.0425. The van der Waals surface area contributed by atoms with Crippen molar-refractivity contribution in [1.82, 2.24) is 0 Å². The van der Waals surface area contributed by atoms with Crippen molar-refractivity contribution >= 4 is 107 Å². The van der Waals surface area contributed by atoms with E-state index in [2.05, 4.69) is 36.6 Å². The Morgan fingerprint density at radius 2 is 0.482 bits per heavy atom.